The van der Waals surface area contributed by atoms with Gasteiger partial charge in [-0.15, -0.1) is 0 Å². The van der Waals surface area contributed by atoms with Gasteiger partial charge in [0.15, 0.2) is 0 Å². The summed E-state index contributed by atoms with van der Waals surface area (Å²) in [7, 11) is -2.30. The molecule has 0 spiro atoms. The third-order valence-electron chi connectivity index (χ3n) is 4.85. The molecule has 148 valence electrons. The Hall–Kier alpha value is -2.13. The molecular formula is C18H25N3O5S. The van der Waals surface area contributed by atoms with Gasteiger partial charge in [0, 0.05) is 32.0 Å². The number of hydrogen-bond acceptors (Lipinski definition) is 5. The summed E-state index contributed by atoms with van der Waals surface area (Å²) in [5.74, 6) is 0.454. The summed E-state index contributed by atoms with van der Waals surface area (Å²) in [6.07, 6.45) is 3.12. The second-order valence-corrected chi connectivity index (χ2v) is 8.75. The Morgan fingerprint density at radius 2 is 1.81 bits per heavy atom. The molecule has 2 amide bonds. The van der Waals surface area contributed by atoms with E-state index in [0.717, 1.165) is 12.8 Å². The molecule has 0 unspecified atom stereocenters. The van der Waals surface area contributed by atoms with E-state index >= 15 is 0 Å². The van der Waals surface area contributed by atoms with Crippen LogP contribution in [-0.2, 0) is 19.6 Å². The number of likely N-dealkylation sites (tertiary alicyclic amines) is 1. The van der Waals surface area contributed by atoms with Crippen molar-refractivity contribution in [2.24, 2.45) is 5.92 Å². The predicted octanol–water partition coefficient (Wildman–Crippen LogP) is 1.33. The van der Waals surface area contributed by atoms with E-state index in [1.807, 2.05) is 4.90 Å². The summed E-state index contributed by atoms with van der Waals surface area (Å²) in [5, 5.41) is 2.57. The largest absolute Gasteiger partial charge is 0.495 e. The number of carbonyl (C=O) groups is 2. The van der Waals surface area contributed by atoms with Gasteiger partial charge in [0.2, 0.25) is 21.8 Å². The van der Waals surface area contributed by atoms with Crippen LogP contribution in [0, 0.1) is 5.92 Å². The van der Waals surface area contributed by atoms with Crippen LogP contribution < -0.4 is 14.8 Å². The highest BCUT2D eigenvalue weighted by Crippen LogP contribution is 2.32. The molecule has 3 rings (SSSR count). The zero-order valence-corrected chi connectivity index (χ0v) is 16.3. The van der Waals surface area contributed by atoms with E-state index < -0.39 is 10.0 Å². The monoisotopic (exact) mass is 395 g/mol. The molecule has 0 radical (unpaired) electrons. The zero-order valence-electron chi connectivity index (χ0n) is 15.5. The molecule has 1 aromatic carbocycles. The lowest BCUT2D eigenvalue weighted by atomic mass is 10.1. The lowest BCUT2D eigenvalue weighted by Crippen LogP contribution is -2.46. The minimum atomic E-state index is -3.75. The molecule has 1 heterocycles. The summed E-state index contributed by atoms with van der Waals surface area (Å²) in [6.45, 7) is 2.49. The average molecular weight is 395 g/mol. The Labute approximate surface area is 159 Å². The van der Waals surface area contributed by atoms with Gasteiger partial charge in [0.25, 0.3) is 0 Å². The predicted molar refractivity (Wildman–Crippen MR) is 99.9 cm³/mol. The molecule has 2 aliphatic rings. The van der Waals surface area contributed by atoms with Crippen molar-refractivity contribution in [3.05, 3.63) is 18.2 Å². The van der Waals surface area contributed by atoms with Crippen molar-refractivity contribution < 1.29 is 22.7 Å². The Kier molecular flexibility index (Phi) is 5.71. The number of ether oxygens (including phenoxy) is 1. The smallest absolute Gasteiger partial charge is 0.240 e. The summed E-state index contributed by atoms with van der Waals surface area (Å²) in [4.78, 5) is 25.3. The van der Waals surface area contributed by atoms with Crippen molar-refractivity contribution in [1.29, 1.82) is 0 Å². The van der Waals surface area contributed by atoms with Crippen molar-refractivity contribution in [2.75, 3.05) is 25.5 Å². The highest BCUT2D eigenvalue weighted by Gasteiger charge is 2.35. The lowest BCUT2D eigenvalue weighted by Gasteiger charge is -2.32. The normalized spacial score (nSPS) is 18.2. The molecule has 9 heteroatoms. The highest BCUT2D eigenvalue weighted by atomic mass is 32.2. The van der Waals surface area contributed by atoms with Crippen LogP contribution in [0.1, 0.15) is 32.6 Å². The van der Waals surface area contributed by atoms with Gasteiger partial charge in [0.05, 0.1) is 17.7 Å². The van der Waals surface area contributed by atoms with Crippen molar-refractivity contribution in [1.82, 2.24) is 9.62 Å². The van der Waals surface area contributed by atoms with Crippen molar-refractivity contribution in [3.63, 3.8) is 0 Å². The van der Waals surface area contributed by atoms with Crippen molar-refractivity contribution in [3.8, 4) is 5.75 Å². The molecule has 1 aliphatic carbocycles. The molecule has 2 N–H and O–H groups in total. The standard InChI is InChI=1S/C18H25N3O5S/c1-12(22)19-16-11-15(5-6-17(16)26-2)27(24,25)20-14-7-9-21(10-8-14)18(23)13-3-4-13/h5-6,11,13-14,20H,3-4,7-10H2,1-2H3,(H,19,22). The Bertz CT molecular complexity index is 827. The SMILES string of the molecule is COc1ccc(S(=O)(=O)NC2CCN(C(=O)C3CC3)CC2)cc1NC(C)=O. The Balaban J connectivity index is 1.66. The Morgan fingerprint density at radius 1 is 1.15 bits per heavy atom. The number of rotatable bonds is 6. The van der Waals surface area contributed by atoms with Crippen molar-refractivity contribution in [2.45, 2.75) is 43.5 Å². The second kappa shape index (κ2) is 7.85. The van der Waals surface area contributed by atoms with Crippen LogP contribution in [0.4, 0.5) is 5.69 Å². The summed E-state index contributed by atoms with van der Waals surface area (Å²) in [6, 6.07) is 4.12. The fraction of sp³-hybridized carbons (Fsp3) is 0.556. The van der Waals surface area contributed by atoms with Crippen molar-refractivity contribution >= 4 is 27.5 Å². The van der Waals surface area contributed by atoms with Crippen LogP contribution >= 0.6 is 0 Å². The first kappa shape index (κ1) is 19.6. The molecule has 27 heavy (non-hydrogen) atoms. The van der Waals surface area contributed by atoms with Gasteiger partial charge in [-0.2, -0.15) is 0 Å². The number of sulfonamides is 1. The average Bonchev–Trinajstić information content (AvgIpc) is 3.46. The van der Waals surface area contributed by atoms with E-state index in [4.69, 9.17) is 4.74 Å². The number of amides is 2. The highest BCUT2D eigenvalue weighted by molar-refractivity contribution is 7.89. The number of nitrogens with zero attached hydrogens (tertiary/aromatic N) is 1. The molecule has 1 aliphatic heterocycles. The summed E-state index contributed by atoms with van der Waals surface area (Å²) < 4.78 is 33.3. The third kappa shape index (κ3) is 4.78. The molecule has 0 atom stereocenters. The van der Waals surface area contributed by atoms with Crippen LogP contribution in [0.5, 0.6) is 5.75 Å². The molecule has 8 nitrogen and oxygen atoms in total. The first-order chi connectivity index (χ1) is 12.8. The van der Waals surface area contributed by atoms with Gasteiger partial charge < -0.3 is 15.0 Å². The van der Waals surface area contributed by atoms with Gasteiger partial charge in [-0.05, 0) is 43.9 Å². The van der Waals surface area contributed by atoms with Crippen LogP contribution in [0.3, 0.4) is 0 Å². The topological polar surface area (TPSA) is 105 Å². The summed E-state index contributed by atoms with van der Waals surface area (Å²) in [5.41, 5.74) is 0.303. The number of hydrogen-bond donors (Lipinski definition) is 2. The molecule has 1 saturated carbocycles. The van der Waals surface area contributed by atoms with E-state index in [1.54, 1.807) is 0 Å². The van der Waals surface area contributed by atoms with Crippen LogP contribution in [-0.4, -0.2) is 51.4 Å². The number of methoxy groups -OCH3 is 1. The van der Waals surface area contributed by atoms with E-state index in [9.17, 15) is 18.0 Å². The van der Waals surface area contributed by atoms with Gasteiger partial charge in [0.1, 0.15) is 5.75 Å². The number of piperidine rings is 1. The van der Waals surface area contributed by atoms with Gasteiger partial charge in [-0.1, -0.05) is 0 Å². The second-order valence-electron chi connectivity index (χ2n) is 7.04. The van der Waals surface area contributed by atoms with E-state index in [0.29, 0.717) is 37.4 Å². The number of anilines is 1. The quantitative estimate of drug-likeness (QED) is 0.756. The maximum atomic E-state index is 12.7. The van der Waals surface area contributed by atoms with E-state index in [2.05, 4.69) is 10.0 Å². The molecule has 1 aromatic rings. The number of nitrogens with one attached hydrogen (secondary N) is 2. The first-order valence-electron chi connectivity index (χ1n) is 9.07. The summed E-state index contributed by atoms with van der Waals surface area (Å²) >= 11 is 0. The minimum absolute atomic E-state index is 0.0588. The van der Waals surface area contributed by atoms with Crippen LogP contribution in [0.25, 0.3) is 0 Å². The van der Waals surface area contributed by atoms with Gasteiger partial charge >= 0.3 is 0 Å². The van der Waals surface area contributed by atoms with Gasteiger partial charge in [-0.3, -0.25) is 9.59 Å². The fourth-order valence-electron chi connectivity index (χ4n) is 3.24. The molecular weight excluding hydrogens is 370 g/mol. The molecule has 0 aromatic heterocycles. The third-order valence-corrected chi connectivity index (χ3v) is 6.37. The zero-order chi connectivity index (χ0) is 19.6. The maximum absolute atomic E-state index is 12.7. The molecule has 2 fully saturated rings. The van der Waals surface area contributed by atoms with Crippen LogP contribution in [0.2, 0.25) is 0 Å². The lowest BCUT2D eigenvalue weighted by molar-refractivity contribution is -0.133. The number of benzene rings is 1. The molecule has 0 bridgehead atoms. The maximum Gasteiger partial charge on any atom is 0.240 e. The van der Waals surface area contributed by atoms with E-state index in [-0.39, 0.29) is 28.7 Å². The fourth-order valence-corrected chi connectivity index (χ4v) is 4.57. The first-order valence-corrected chi connectivity index (χ1v) is 10.5. The minimum Gasteiger partial charge on any atom is -0.495 e. The number of carbonyl (C=O) groups excluding carboxylic acids is 2. The Morgan fingerprint density at radius 3 is 2.37 bits per heavy atom. The van der Waals surface area contributed by atoms with Gasteiger partial charge in [-0.25, -0.2) is 13.1 Å². The molecule has 1 saturated heterocycles. The van der Waals surface area contributed by atoms with E-state index in [1.165, 1.54) is 32.2 Å². The van der Waals surface area contributed by atoms with Crippen LogP contribution in [0.15, 0.2) is 23.1 Å².